The smallest absolute Gasteiger partial charge is 0.273 e. The maximum atomic E-state index is 13.7. The topological polar surface area (TPSA) is 67.2 Å². The summed E-state index contributed by atoms with van der Waals surface area (Å²) in [4.78, 5) is 29.2. The second-order valence-corrected chi connectivity index (χ2v) is 10.6. The summed E-state index contributed by atoms with van der Waals surface area (Å²) >= 11 is 0. The lowest BCUT2D eigenvalue weighted by Crippen LogP contribution is -2.64. The van der Waals surface area contributed by atoms with Crippen LogP contribution >= 0.6 is 0 Å². The molecule has 1 fully saturated rings. The van der Waals surface area contributed by atoms with Crippen molar-refractivity contribution in [2.75, 3.05) is 0 Å². The number of fused-ring (bicyclic) bond motifs is 1. The summed E-state index contributed by atoms with van der Waals surface area (Å²) in [6.45, 7) is 8.91. The molecule has 6 nitrogen and oxygen atoms in total. The minimum atomic E-state index is -1.01. The third-order valence-electron chi connectivity index (χ3n) is 6.93. The van der Waals surface area contributed by atoms with Crippen molar-refractivity contribution in [3.05, 3.63) is 53.3 Å². The molecule has 1 aliphatic heterocycles. The number of nitrogens with one attached hydrogen (secondary N) is 1. The van der Waals surface area contributed by atoms with Gasteiger partial charge in [-0.25, -0.2) is 0 Å². The molecule has 2 amide bonds. The van der Waals surface area contributed by atoms with Gasteiger partial charge in [0, 0.05) is 18.0 Å². The molecule has 32 heavy (non-hydrogen) atoms. The minimum Gasteiger partial charge on any atom is -0.351 e. The summed E-state index contributed by atoms with van der Waals surface area (Å²) in [7, 11) is 0. The first-order valence-electron chi connectivity index (χ1n) is 11.9. The Morgan fingerprint density at radius 1 is 1.12 bits per heavy atom. The average molecular weight is 437 g/mol. The molecule has 1 aromatic heterocycles. The van der Waals surface area contributed by atoms with Crippen LogP contribution in [0.1, 0.15) is 88.0 Å². The highest BCUT2D eigenvalue weighted by molar-refractivity contribution is 5.99. The number of rotatable bonds is 4. The Balaban J connectivity index is 1.68. The van der Waals surface area contributed by atoms with E-state index in [-0.39, 0.29) is 23.3 Å². The van der Waals surface area contributed by atoms with Gasteiger partial charge in [-0.3, -0.25) is 14.3 Å². The molecule has 0 bridgehead atoms. The van der Waals surface area contributed by atoms with Gasteiger partial charge in [0.2, 0.25) is 5.91 Å². The van der Waals surface area contributed by atoms with Crippen molar-refractivity contribution >= 4 is 11.8 Å². The van der Waals surface area contributed by atoms with Crippen LogP contribution in [0, 0.1) is 0 Å². The largest absolute Gasteiger partial charge is 0.351 e. The minimum absolute atomic E-state index is 0.0767. The monoisotopic (exact) mass is 436 g/mol. The van der Waals surface area contributed by atoms with Crippen molar-refractivity contribution in [2.24, 2.45) is 0 Å². The lowest BCUT2D eigenvalue weighted by atomic mass is 9.91. The fourth-order valence-corrected chi connectivity index (χ4v) is 4.79. The van der Waals surface area contributed by atoms with Crippen LogP contribution in [0.25, 0.3) is 0 Å². The number of carbonyl (C=O) groups is 2. The van der Waals surface area contributed by atoms with Gasteiger partial charge in [0.25, 0.3) is 5.91 Å². The molecule has 172 valence electrons. The van der Waals surface area contributed by atoms with E-state index in [1.165, 1.54) is 12.8 Å². The molecule has 1 saturated carbocycles. The van der Waals surface area contributed by atoms with Crippen LogP contribution in [0.15, 0.2) is 36.4 Å². The Hall–Kier alpha value is -2.63. The van der Waals surface area contributed by atoms with Crippen molar-refractivity contribution in [1.82, 2.24) is 20.0 Å². The quantitative estimate of drug-likeness (QED) is 0.721. The van der Waals surface area contributed by atoms with Crippen molar-refractivity contribution in [3.63, 3.8) is 0 Å². The Kier molecular flexibility index (Phi) is 6.15. The van der Waals surface area contributed by atoms with E-state index in [1.54, 1.807) is 9.58 Å². The molecule has 2 aliphatic rings. The average Bonchev–Trinajstić information content (AvgIpc) is 3.02. The Morgan fingerprint density at radius 3 is 2.41 bits per heavy atom. The van der Waals surface area contributed by atoms with E-state index in [0.29, 0.717) is 18.8 Å². The molecular weight excluding hydrogens is 400 g/mol. The summed E-state index contributed by atoms with van der Waals surface area (Å²) in [6.07, 6.45) is 6.77. The van der Waals surface area contributed by atoms with E-state index in [1.807, 2.05) is 43.3 Å². The maximum Gasteiger partial charge on any atom is 0.273 e. The fourth-order valence-electron chi connectivity index (χ4n) is 4.79. The van der Waals surface area contributed by atoms with Crippen LogP contribution in [0.5, 0.6) is 0 Å². The van der Waals surface area contributed by atoms with E-state index < -0.39 is 5.54 Å². The lowest BCUT2D eigenvalue weighted by Gasteiger charge is -2.44. The lowest BCUT2D eigenvalue weighted by molar-refractivity contribution is -0.134. The SMILES string of the molecule is CC(C)(C)c1cc2n(n1)C[C@](C)(C(=O)NC1CCCCCC1)N(Cc1ccccc1)C2=O. The van der Waals surface area contributed by atoms with Crippen molar-refractivity contribution in [3.8, 4) is 0 Å². The van der Waals surface area contributed by atoms with E-state index >= 15 is 0 Å². The first kappa shape index (κ1) is 22.6. The number of aromatic nitrogens is 2. The summed E-state index contributed by atoms with van der Waals surface area (Å²) in [6, 6.07) is 12.0. The van der Waals surface area contributed by atoms with Gasteiger partial charge in [0.1, 0.15) is 11.2 Å². The highest BCUT2D eigenvalue weighted by Gasteiger charge is 2.48. The van der Waals surface area contributed by atoms with Gasteiger partial charge in [-0.05, 0) is 31.4 Å². The molecule has 0 saturated heterocycles. The Bertz CT molecular complexity index is 967. The predicted octanol–water partition coefficient (Wildman–Crippen LogP) is 4.43. The van der Waals surface area contributed by atoms with E-state index in [9.17, 15) is 9.59 Å². The molecule has 0 spiro atoms. The van der Waals surface area contributed by atoms with E-state index in [2.05, 4.69) is 26.1 Å². The van der Waals surface area contributed by atoms with E-state index in [0.717, 1.165) is 36.9 Å². The third-order valence-corrected chi connectivity index (χ3v) is 6.93. The standard InChI is InChI=1S/C26H36N4O2/c1-25(2,3)22-16-21-23(31)29(17-19-12-8-7-9-13-19)26(4,18-30(21)28-22)24(32)27-20-14-10-5-6-11-15-20/h7-9,12-13,16,20H,5-6,10-11,14-15,17-18H2,1-4H3,(H,27,32)/t26-/m1/s1. The second kappa shape index (κ2) is 8.72. The highest BCUT2D eigenvalue weighted by atomic mass is 16.2. The molecule has 4 rings (SSSR count). The van der Waals surface area contributed by atoms with Crippen LogP contribution in [0.4, 0.5) is 0 Å². The van der Waals surface area contributed by atoms with Crippen LogP contribution in [0.2, 0.25) is 0 Å². The normalized spacial score (nSPS) is 22.4. The number of carbonyl (C=O) groups excluding carboxylic acids is 2. The number of amides is 2. The molecule has 6 heteroatoms. The molecule has 2 heterocycles. The van der Waals surface area contributed by atoms with Gasteiger partial charge < -0.3 is 10.2 Å². The molecule has 1 atom stereocenters. The number of benzene rings is 1. The van der Waals surface area contributed by atoms with Crippen LogP contribution in [-0.4, -0.2) is 38.1 Å². The fraction of sp³-hybridized carbons (Fsp3) is 0.577. The van der Waals surface area contributed by atoms with Crippen LogP contribution in [0.3, 0.4) is 0 Å². The Morgan fingerprint density at radius 2 is 1.78 bits per heavy atom. The molecule has 0 unspecified atom stereocenters. The van der Waals surface area contributed by atoms with Gasteiger partial charge >= 0.3 is 0 Å². The summed E-state index contributed by atoms with van der Waals surface area (Å²) in [5.74, 6) is -0.214. The molecule has 1 N–H and O–H groups in total. The highest BCUT2D eigenvalue weighted by Crippen LogP contribution is 2.32. The van der Waals surface area contributed by atoms with Gasteiger partial charge in [0.15, 0.2) is 0 Å². The van der Waals surface area contributed by atoms with Gasteiger partial charge in [-0.1, -0.05) is 76.8 Å². The molecular formula is C26H36N4O2. The van der Waals surface area contributed by atoms with Crippen molar-refractivity contribution < 1.29 is 9.59 Å². The first-order valence-corrected chi connectivity index (χ1v) is 11.9. The molecule has 2 aromatic rings. The van der Waals surface area contributed by atoms with E-state index in [4.69, 9.17) is 5.10 Å². The van der Waals surface area contributed by atoms with Gasteiger partial charge in [-0.2, -0.15) is 5.10 Å². The zero-order valence-corrected chi connectivity index (χ0v) is 19.9. The Labute approximate surface area is 191 Å². The molecule has 0 radical (unpaired) electrons. The van der Waals surface area contributed by atoms with Gasteiger partial charge in [0.05, 0.1) is 12.2 Å². The van der Waals surface area contributed by atoms with Crippen LogP contribution < -0.4 is 5.32 Å². The molecule has 1 aliphatic carbocycles. The van der Waals surface area contributed by atoms with Crippen molar-refractivity contribution in [1.29, 1.82) is 0 Å². The predicted molar refractivity (Wildman–Crippen MR) is 125 cm³/mol. The maximum absolute atomic E-state index is 13.7. The zero-order valence-electron chi connectivity index (χ0n) is 19.9. The second-order valence-electron chi connectivity index (χ2n) is 10.6. The first-order chi connectivity index (χ1) is 15.2. The zero-order chi connectivity index (χ0) is 22.9. The van der Waals surface area contributed by atoms with Gasteiger partial charge in [-0.15, -0.1) is 0 Å². The number of nitrogens with zero attached hydrogens (tertiary/aromatic N) is 3. The molecule has 1 aromatic carbocycles. The number of hydrogen-bond acceptors (Lipinski definition) is 3. The van der Waals surface area contributed by atoms with Crippen molar-refractivity contribution in [2.45, 2.75) is 96.3 Å². The third kappa shape index (κ3) is 4.45. The summed E-state index contributed by atoms with van der Waals surface area (Å²) < 4.78 is 1.75. The summed E-state index contributed by atoms with van der Waals surface area (Å²) in [5, 5.41) is 8.04. The summed E-state index contributed by atoms with van der Waals surface area (Å²) in [5.41, 5.74) is 1.26. The van der Waals surface area contributed by atoms with Crippen LogP contribution in [-0.2, 0) is 23.3 Å². The number of hydrogen-bond donors (Lipinski definition) is 1.